The highest BCUT2D eigenvalue weighted by Gasteiger charge is 2.14. The lowest BCUT2D eigenvalue weighted by Gasteiger charge is -2.03. The van der Waals surface area contributed by atoms with Crippen molar-refractivity contribution in [3.8, 4) is 23.0 Å². The van der Waals surface area contributed by atoms with Crippen LogP contribution in [0.4, 0.5) is 11.4 Å². The van der Waals surface area contributed by atoms with Gasteiger partial charge in [-0.1, -0.05) is 24.3 Å². The predicted molar refractivity (Wildman–Crippen MR) is 121 cm³/mol. The van der Waals surface area contributed by atoms with Crippen molar-refractivity contribution in [2.24, 2.45) is 4.99 Å². The standard InChI is InChI=1S/C24H15N3O5/c28-21-7-6-18(27(30)31)9-16(21)13-25-17-5-8-23-20(12-17)26-24(32-23)19-10-14-3-1-2-4-15(14)11-22(19)29/h1-13,28-29H. The number of aromatic nitrogens is 1. The van der Waals surface area contributed by atoms with Gasteiger partial charge in [-0.25, -0.2) is 4.98 Å². The molecular formula is C24H15N3O5. The maximum absolute atomic E-state index is 10.9. The number of oxazole rings is 1. The summed E-state index contributed by atoms with van der Waals surface area (Å²) in [6, 6.07) is 20.0. The van der Waals surface area contributed by atoms with Gasteiger partial charge in [0.15, 0.2) is 5.58 Å². The summed E-state index contributed by atoms with van der Waals surface area (Å²) in [4.78, 5) is 19.2. The van der Waals surface area contributed by atoms with Crippen LogP contribution in [0.15, 0.2) is 82.2 Å². The summed E-state index contributed by atoms with van der Waals surface area (Å²) in [6.07, 6.45) is 1.35. The topological polar surface area (TPSA) is 122 Å². The van der Waals surface area contributed by atoms with Gasteiger partial charge >= 0.3 is 0 Å². The number of phenols is 2. The van der Waals surface area contributed by atoms with Crippen molar-refractivity contribution in [1.82, 2.24) is 4.98 Å². The third-order valence-corrected chi connectivity index (χ3v) is 5.04. The molecule has 0 spiro atoms. The van der Waals surface area contributed by atoms with Crippen molar-refractivity contribution in [2.45, 2.75) is 0 Å². The van der Waals surface area contributed by atoms with Crippen LogP contribution >= 0.6 is 0 Å². The van der Waals surface area contributed by atoms with Crippen molar-refractivity contribution >= 4 is 39.5 Å². The molecule has 32 heavy (non-hydrogen) atoms. The SMILES string of the molecule is O=[N+]([O-])c1ccc(O)c(C=Nc2ccc3oc(-c4cc5ccccc5cc4O)nc3c2)c1. The average Bonchev–Trinajstić information content (AvgIpc) is 3.21. The first-order valence-electron chi connectivity index (χ1n) is 9.62. The van der Waals surface area contributed by atoms with E-state index in [4.69, 9.17) is 4.42 Å². The van der Waals surface area contributed by atoms with Crippen molar-refractivity contribution in [2.75, 3.05) is 0 Å². The molecule has 0 amide bonds. The number of aromatic hydroxyl groups is 2. The third-order valence-electron chi connectivity index (χ3n) is 5.04. The Hall–Kier alpha value is -4.72. The molecule has 156 valence electrons. The molecule has 5 aromatic rings. The van der Waals surface area contributed by atoms with Gasteiger partial charge in [-0.15, -0.1) is 0 Å². The Morgan fingerprint density at radius 2 is 1.72 bits per heavy atom. The van der Waals surface area contributed by atoms with E-state index in [1.54, 1.807) is 24.3 Å². The highest BCUT2D eigenvalue weighted by molar-refractivity contribution is 5.91. The molecule has 2 N–H and O–H groups in total. The van der Waals surface area contributed by atoms with E-state index in [0.29, 0.717) is 22.4 Å². The number of phenolic OH excluding ortho intramolecular Hbond substituents is 2. The number of benzene rings is 4. The number of rotatable bonds is 4. The number of nitro groups is 1. The largest absolute Gasteiger partial charge is 0.507 e. The molecule has 0 bridgehead atoms. The molecule has 0 saturated carbocycles. The van der Waals surface area contributed by atoms with E-state index < -0.39 is 4.92 Å². The summed E-state index contributed by atoms with van der Waals surface area (Å²) in [5, 5.41) is 33.2. The Morgan fingerprint density at radius 3 is 2.50 bits per heavy atom. The van der Waals surface area contributed by atoms with E-state index in [1.807, 2.05) is 30.3 Å². The second-order valence-corrected chi connectivity index (χ2v) is 7.15. The molecular weight excluding hydrogens is 410 g/mol. The number of non-ortho nitro benzene ring substituents is 1. The lowest BCUT2D eigenvalue weighted by Crippen LogP contribution is -1.90. The van der Waals surface area contributed by atoms with Crippen molar-refractivity contribution in [3.63, 3.8) is 0 Å². The summed E-state index contributed by atoms with van der Waals surface area (Å²) in [5.74, 6) is 0.228. The molecule has 0 radical (unpaired) electrons. The zero-order valence-electron chi connectivity index (χ0n) is 16.5. The zero-order chi connectivity index (χ0) is 22.2. The predicted octanol–water partition coefficient (Wildman–Crippen LogP) is 5.72. The van der Waals surface area contributed by atoms with Gasteiger partial charge in [-0.05, 0) is 47.2 Å². The van der Waals surface area contributed by atoms with E-state index in [0.717, 1.165) is 10.8 Å². The molecule has 0 fully saturated rings. The second-order valence-electron chi connectivity index (χ2n) is 7.15. The van der Waals surface area contributed by atoms with E-state index >= 15 is 0 Å². The lowest BCUT2D eigenvalue weighted by atomic mass is 10.1. The molecule has 5 rings (SSSR count). The molecule has 4 aromatic carbocycles. The molecule has 0 unspecified atom stereocenters. The van der Waals surface area contributed by atoms with E-state index in [1.165, 1.54) is 24.4 Å². The van der Waals surface area contributed by atoms with Gasteiger partial charge in [0.25, 0.3) is 5.69 Å². The van der Waals surface area contributed by atoms with Crippen LogP contribution in [0.25, 0.3) is 33.3 Å². The maximum atomic E-state index is 10.9. The van der Waals surface area contributed by atoms with Gasteiger partial charge < -0.3 is 14.6 Å². The van der Waals surface area contributed by atoms with Crippen LogP contribution in [-0.2, 0) is 0 Å². The van der Waals surface area contributed by atoms with Crippen LogP contribution in [0.1, 0.15) is 5.56 Å². The molecule has 8 heteroatoms. The van der Waals surface area contributed by atoms with Crippen LogP contribution < -0.4 is 0 Å². The van der Waals surface area contributed by atoms with Gasteiger partial charge in [0.2, 0.25) is 5.89 Å². The van der Waals surface area contributed by atoms with Crippen LogP contribution in [-0.4, -0.2) is 26.3 Å². The lowest BCUT2D eigenvalue weighted by molar-refractivity contribution is -0.384. The molecule has 0 aliphatic carbocycles. The minimum Gasteiger partial charge on any atom is -0.507 e. The Morgan fingerprint density at radius 1 is 0.938 bits per heavy atom. The van der Waals surface area contributed by atoms with Gasteiger partial charge in [0.05, 0.1) is 16.2 Å². The van der Waals surface area contributed by atoms with Gasteiger partial charge in [-0.2, -0.15) is 0 Å². The van der Waals surface area contributed by atoms with Gasteiger partial charge in [0.1, 0.15) is 17.0 Å². The molecule has 8 nitrogen and oxygen atoms in total. The molecule has 1 heterocycles. The van der Waals surface area contributed by atoms with Crippen LogP contribution in [0.2, 0.25) is 0 Å². The Kier molecular flexibility index (Phi) is 4.52. The van der Waals surface area contributed by atoms with Gasteiger partial charge in [0, 0.05) is 23.9 Å². The average molecular weight is 425 g/mol. The van der Waals surface area contributed by atoms with E-state index in [9.17, 15) is 20.3 Å². The first-order chi connectivity index (χ1) is 15.5. The minimum absolute atomic E-state index is 0.0645. The van der Waals surface area contributed by atoms with Gasteiger partial charge in [-0.3, -0.25) is 15.1 Å². The van der Waals surface area contributed by atoms with Crippen molar-refractivity contribution in [3.05, 3.63) is 88.5 Å². The van der Waals surface area contributed by atoms with E-state index in [2.05, 4.69) is 9.98 Å². The number of nitrogens with zero attached hydrogens (tertiary/aromatic N) is 3. The Balaban J connectivity index is 1.50. The molecule has 0 saturated heterocycles. The zero-order valence-corrected chi connectivity index (χ0v) is 16.5. The van der Waals surface area contributed by atoms with Crippen LogP contribution in [0.3, 0.4) is 0 Å². The summed E-state index contributed by atoms with van der Waals surface area (Å²) in [7, 11) is 0. The third kappa shape index (κ3) is 3.50. The van der Waals surface area contributed by atoms with Crippen LogP contribution in [0.5, 0.6) is 11.5 Å². The van der Waals surface area contributed by atoms with Crippen molar-refractivity contribution < 1.29 is 19.6 Å². The first kappa shape index (κ1) is 19.3. The fourth-order valence-corrected chi connectivity index (χ4v) is 3.41. The highest BCUT2D eigenvalue weighted by Crippen LogP contribution is 2.35. The Bertz CT molecular complexity index is 1540. The molecule has 0 aliphatic heterocycles. The molecule has 0 aliphatic rings. The summed E-state index contributed by atoms with van der Waals surface area (Å²) < 4.78 is 5.82. The van der Waals surface area contributed by atoms with Crippen LogP contribution in [0, 0.1) is 10.1 Å². The smallest absolute Gasteiger partial charge is 0.270 e. The summed E-state index contributed by atoms with van der Waals surface area (Å²) in [5.41, 5.74) is 2.13. The number of hydrogen-bond donors (Lipinski definition) is 2. The number of fused-ring (bicyclic) bond motifs is 2. The number of nitro benzene ring substituents is 1. The number of hydrogen-bond acceptors (Lipinski definition) is 7. The van der Waals surface area contributed by atoms with Crippen molar-refractivity contribution in [1.29, 1.82) is 0 Å². The normalized spacial score (nSPS) is 11.5. The van der Waals surface area contributed by atoms with E-state index in [-0.39, 0.29) is 28.6 Å². The number of aliphatic imine (C=N–C) groups is 1. The quantitative estimate of drug-likeness (QED) is 0.216. The highest BCUT2D eigenvalue weighted by atomic mass is 16.6. The fraction of sp³-hybridized carbons (Fsp3) is 0. The molecule has 1 aromatic heterocycles. The molecule has 0 atom stereocenters. The summed E-state index contributed by atoms with van der Waals surface area (Å²) >= 11 is 0. The second kappa shape index (κ2) is 7.51. The summed E-state index contributed by atoms with van der Waals surface area (Å²) in [6.45, 7) is 0. The maximum Gasteiger partial charge on any atom is 0.270 e. The monoisotopic (exact) mass is 425 g/mol. The first-order valence-corrected chi connectivity index (χ1v) is 9.62. The minimum atomic E-state index is -0.540. The Labute approximate surface area is 180 Å². The fourth-order valence-electron chi connectivity index (χ4n) is 3.41.